The Morgan fingerprint density at radius 1 is 1.09 bits per heavy atom. The molecule has 1 N–H and O–H groups in total. The molecule has 0 fully saturated rings. The third kappa shape index (κ3) is 5.55. The molecule has 3 aromatic carbocycles. The molecule has 0 radical (unpaired) electrons. The van der Waals surface area contributed by atoms with E-state index >= 15 is 0 Å². The van der Waals surface area contributed by atoms with E-state index in [2.05, 4.69) is 10.3 Å². The molecule has 2 amide bonds. The van der Waals surface area contributed by atoms with Crippen molar-refractivity contribution in [2.45, 2.75) is 13.3 Å². The number of aliphatic imine (C=N–C) groups is 1. The number of hydrogen-bond acceptors (Lipinski definition) is 4. The molecule has 0 saturated carbocycles. The van der Waals surface area contributed by atoms with Crippen LogP contribution in [0.3, 0.4) is 0 Å². The third-order valence-electron chi connectivity index (χ3n) is 5.08. The monoisotopic (exact) mass is 493 g/mol. The van der Waals surface area contributed by atoms with Gasteiger partial charge < -0.3 is 5.32 Å². The smallest absolute Gasteiger partial charge is 0.283 e. The number of anilines is 2. The van der Waals surface area contributed by atoms with E-state index in [0.717, 1.165) is 17.7 Å². The lowest BCUT2D eigenvalue weighted by atomic mass is 10.1. The van der Waals surface area contributed by atoms with E-state index in [1.54, 1.807) is 42.5 Å². The average Bonchev–Trinajstić information content (AvgIpc) is 3.15. The number of nitrogens with one attached hydrogen (secondary N) is 1. The molecular formula is C26H21ClFN3O2S. The maximum Gasteiger partial charge on any atom is 0.283 e. The number of benzene rings is 3. The lowest BCUT2D eigenvalue weighted by Crippen LogP contribution is -2.32. The topological polar surface area (TPSA) is 61.8 Å². The highest BCUT2D eigenvalue weighted by atomic mass is 35.5. The fourth-order valence-corrected chi connectivity index (χ4v) is 4.34. The Morgan fingerprint density at radius 2 is 1.79 bits per heavy atom. The van der Waals surface area contributed by atoms with Crippen molar-refractivity contribution in [3.8, 4) is 0 Å². The lowest BCUT2D eigenvalue weighted by Gasteiger charge is -2.20. The summed E-state index contributed by atoms with van der Waals surface area (Å²) in [7, 11) is 0. The Labute approximate surface area is 206 Å². The second-order valence-electron chi connectivity index (χ2n) is 7.44. The van der Waals surface area contributed by atoms with E-state index in [9.17, 15) is 14.0 Å². The molecule has 0 unspecified atom stereocenters. The summed E-state index contributed by atoms with van der Waals surface area (Å²) in [5.41, 5.74) is 3.21. The Hall–Kier alpha value is -3.42. The van der Waals surface area contributed by atoms with Gasteiger partial charge in [-0.25, -0.2) is 9.38 Å². The van der Waals surface area contributed by atoms with Crippen LogP contribution in [0.5, 0.6) is 0 Å². The number of hydrogen-bond donors (Lipinski definition) is 1. The molecule has 0 aliphatic carbocycles. The van der Waals surface area contributed by atoms with Crippen LogP contribution in [0, 0.1) is 5.82 Å². The summed E-state index contributed by atoms with van der Waals surface area (Å²) < 4.78 is 13.3. The number of halogens is 2. The van der Waals surface area contributed by atoms with Crippen molar-refractivity contribution in [1.29, 1.82) is 0 Å². The van der Waals surface area contributed by atoms with E-state index in [1.807, 2.05) is 31.2 Å². The molecule has 34 heavy (non-hydrogen) atoms. The van der Waals surface area contributed by atoms with Crippen LogP contribution in [0.2, 0.25) is 5.02 Å². The minimum absolute atomic E-state index is 0.0589. The van der Waals surface area contributed by atoms with Gasteiger partial charge in [0.1, 0.15) is 11.5 Å². The average molecular weight is 494 g/mol. The first-order valence-electron chi connectivity index (χ1n) is 10.6. The molecule has 1 aliphatic heterocycles. The van der Waals surface area contributed by atoms with Crippen molar-refractivity contribution in [3.63, 3.8) is 0 Å². The zero-order chi connectivity index (χ0) is 24.1. The molecule has 0 bridgehead atoms. The zero-order valence-corrected chi connectivity index (χ0v) is 19.9. The first kappa shape index (κ1) is 23.7. The summed E-state index contributed by atoms with van der Waals surface area (Å²) in [5.74, 6) is -0.832. The van der Waals surface area contributed by atoms with E-state index < -0.39 is 0 Å². The fourth-order valence-electron chi connectivity index (χ4n) is 3.41. The zero-order valence-electron chi connectivity index (χ0n) is 18.3. The summed E-state index contributed by atoms with van der Waals surface area (Å²) in [6, 6.07) is 20.2. The molecule has 0 spiro atoms. The van der Waals surface area contributed by atoms with Crippen LogP contribution in [0.1, 0.15) is 18.1 Å². The van der Waals surface area contributed by atoms with Crippen molar-refractivity contribution in [2.24, 2.45) is 4.99 Å². The standard InChI is InChI=1S/C26H21ClFN3O2S/c1-2-18-5-3-4-6-23(18)31-25(33)22(15-17-7-11-20(28)12-8-17)30-26(31)34-16-24(32)29-21-13-9-19(27)10-14-21/h3-15H,2,16H2,1H3,(H,29,32). The number of aryl methyl sites for hydroxylation is 1. The Bertz CT molecular complexity index is 1270. The van der Waals surface area contributed by atoms with E-state index in [0.29, 0.717) is 21.4 Å². The van der Waals surface area contributed by atoms with Gasteiger partial charge in [-0.2, -0.15) is 0 Å². The van der Waals surface area contributed by atoms with Crippen molar-refractivity contribution in [1.82, 2.24) is 0 Å². The minimum atomic E-state index is -0.357. The quantitative estimate of drug-likeness (QED) is 0.418. The van der Waals surface area contributed by atoms with Gasteiger partial charge in [-0.3, -0.25) is 14.5 Å². The number of amides is 2. The van der Waals surface area contributed by atoms with Crippen molar-refractivity contribution in [3.05, 3.63) is 100 Å². The largest absolute Gasteiger partial charge is 0.325 e. The van der Waals surface area contributed by atoms with Gasteiger partial charge in [-0.1, -0.05) is 60.6 Å². The summed E-state index contributed by atoms with van der Waals surface area (Å²) >= 11 is 7.07. The van der Waals surface area contributed by atoms with Gasteiger partial charge in [0, 0.05) is 10.7 Å². The van der Waals surface area contributed by atoms with E-state index in [1.165, 1.54) is 28.8 Å². The Kier molecular flexibility index (Phi) is 7.45. The Morgan fingerprint density at radius 3 is 2.50 bits per heavy atom. The second kappa shape index (κ2) is 10.7. The van der Waals surface area contributed by atoms with Crippen LogP contribution in [-0.2, 0) is 16.0 Å². The number of rotatable bonds is 6. The predicted molar refractivity (Wildman–Crippen MR) is 138 cm³/mol. The molecule has 4 rings (SSSR count). The number of carbonyl (C=O) groups excluding carboxylic acids is 2. The van der Waals surface area contributed by atoms with Gasteiger partial charge in [-0.05, 0) is 66.1 Å². The Balaban J connectivity index is 1.59. The maximum atomic E-state index is 13.4. The molecule has 1 aliphatic rings. The third-order valence-corrected chi connectivity index (χ3v) is 6.27. The van der Waals surface area contributed by atoms with E-state index in [4.69, 9.17) is 11.6 Å². The van der Waals surface area contributed by atoms with Crippen molar-refractivity contribution < 1.29 is 14.0 Å². The van der Waals surface area contributed by atoms with Crippen LogP contribution in [0.4, 0.5) is 15.8 Å². The minimum Gasteiger partial charge on any atom is -0.325 e. The van der Waals surface area contributed by atoms with Crippen LogP contribution in [0.25, 0.3) is 6.08 Å². The highest BCUT2D eigenvalue weighted by Gasteiger charge is 2.33. The first-order chi connectivity index (χ1) is 16.4. The molecular weight excluding hydrogens is 473 g/mol. The number of nitrogens with zero attached hydrogens (tertiary/aromatic N) is 2. The number of para-hydroxylation sites is 1. The molecule has 0 aromatic heterocycles. The van der Waals surface area contributed by atoms with Crippen LogP contribution in [0.15, 0.2) is 83.5 Å². The molecule has 8 heteroatoms. The first-order valence-corrected chi connectivity index (χ1v) is 12.0. The fraction of sp³-hybridized carbons (Fsp3) is 0.115. The summed E-state index contributed by atoms with van der Waals surface area (Å²) in [5, 5.41) is 3.80. The molecule has 3 aromatic rings. The predicted octanol–water partition coefficient (Wildman–Crippen LogP) is 6.16. The number of amidine groups is 1. The highest BCUT2D eigenvalue weighted by molar-refractivity contribution is 8.14. The van der Waals surface area contributed by atoms with Gasteiger partial charge >= 0.3 is 0 Å². The van der Waals surface area contributed by atoms with Gasteiger partial charge in [0.05, 0.1) is 11.4 Å². The van der Waals surface area contributed by atoms with Gasteiger partial charge in [0.15, 0.2) is 5.17 Å². The summed E-state index contributed by atoms with van der Waals surface area (Å²) in [6.45, 7) is 2.01. The second-order valence-corrected chi connectivity index (χ2v) is 8.82. The number of thioether (sulfide) groups is 1. The molecule has 1 heterocycles. The summed E-state index contributed by atoms with van der Waals surface area (Å²) in [4.78, 5) is 32.0. The van der Waals surface area contributed by atoms with Gasteiger partial charge in [0.25, 0.3) is 5.91 Å². The molecule has 0 saturated heterocycles. The van der Waals surface area contributed by atoms with E-state index in [-0.39, 0.29) is 29.1 Å². The van der Waals surface area contributed by atoms with Crippen LogP contribution >= 0.6 is 23.4 Å². The molecule has 172 valence electrons. The summed E-state index contributed by atoms with van der Waals surface area (Å²) in [6.07, 6.45) is 2.34. The van der Waals surface area contributed by atoms with Crippen molar-refractivity contribution in [2.75, 3.05) is 16.0 Å². The SMILES string of the molecule is CCc1ccccc1N1C(=O)C(=Cc2ccc(F)cc2)N=C1SCC(=O)Nc1ccc(Cl)cc1. The van der Waals surface area contributed by atoms with Crippen LogP contribution in [-0.4, -0.2) is 22.7 Å². The van der Waals surface area contributed by atoms with Gasteiger partial charge in [-0.15, -0.1) is 0 Å². The lowest BCUT2D eigenvalue weighted by molar-refractivity contribution is -0.114. The molecule has 5 nitrogen and oxygen atoms in total. The normalized spacial score (nSPS) is 14.4. The maximum absolute atomic E-state index is 13.4. The molecule has 0 atom stereocenters. The van der Waals surface area contributed by atoms with Crippen LogP contribution < -0.4 is 10.2 Å². The number of carbonyl (C=O) groups is 2. The van der Waals surface area contributed by atoms with Gasteiger partial charge in [0.2, 0.25) is 5.91 Å². The van der Waals surface area contributed by atoms with Crippen molar-refractivity contribution >= 4 is 57.8 Å². The highest BCUT2D eigenvalue weighted by Crippen LogP contribution is 2.32.